The number of hydrogen-bond donors (Lipinski definition) is 1. The SMILES string of the molecule is CCOC(=O)CCC(=O)Nc1ccc(F)c(C(=O)OC)c1. The van der Waals surface area contributed by atoms with Gasteiger partial charge in [-0.25, -0.2) is 9.18 Å². The number of anilines is 1. The molecule has 0 unspecified atom stereocenters. The maximum atomic E-state index is 13.4. The van der Waals surface area contributed by atoms with Crippen molar-refractivity contribution >= 4 is 23.5 Å². The Bertz CT molecular complexity index is 544. The molecule has 0 heterocycles. The lowest BCUT2D eigenvalue weighted by Gasteiger charge is -2.07. The molecule has 0 radical (unpaired) electrons. The molecule has 0 saturated carbocycles. The van der Waals surface area contributed by atoms with Crippen LogP contribution >= 0.6 is 0 Å². The summed E-state index contributed by atoms with van der Waals surface area (Å²) in [6.07, 6.45) is -0.117. The lowest BCUT2D eigenvalue weighted by molar-refractivity contribution is -0.144. The van der Waals surface area contributed by atoms with E-state index in [1.165, 1.54) is 12.1 Å². The van der Waals surface area contributed by atoms with Gasteiger partial charge >= 0.3 is 11.9 Å². The highest BCUT2D eigenvalue weighted by atomic mass is 19.1. The summed E-state index contributed by atoms with van der Waals surface area (Å²) >= 11 is 0. The van der Waals surface area contributed by atoms with E-state index in [1.807, 2.05) is 0 Å². The molecular weight excluding hydrogens is 281 g/mol. The summed E-state index contributed by atoms with van der Waals surface area (Å²) < 4.78 is 22.5. The molecule has 1 aromatic rings. The zero-order valence-corrected chi connectivity index (χ0v) is 11.8. The number of nitrogens with one attached hydrogen (secondary N) is 1. The van der Waals surface area contributed by atoms with Crippen LogP contribution in [0.4, 0.5) is 10.1 Å². The minimum Gasteiger partial charge on any atom is -0.466 e. The Hall–Kier alpha value is -2.44. The van der Waals surface area contributed by atoms with Crippen LogP contribution in [-0.2, 0) is 19.1 Å². The van der Waals surface area contributed by atoms with Gasteiger partial charge in [-0.05, 0) is 25.1 Å². The van der Waals surface area contributed by atoms with Crippen molar-refractivity contribution in [2.45, 2.75) is 19.8 Å². The molecule has 0 aliphatic rings. The largest absolute Gasteiger partial charge is 0.466 e. The molecule has 114 valence electrons. The molecule has 1 rings (SSSR count). The molecule has 0 spiro atoms. The third kappa shape index (κ3) is 5.21. The summed E-state index contributed by atoms with van der Waals surface area (Å²) in [5, 5.41) is 2.46. The summed E-state index contributed by atoms with van der Waals surface area (Å²) in [5.41, 5.74) is -0.0358. The second kappa shape index (κ2) is 7.98. The fraction of sp³-hybridized carbons (Fsp3) is 0.357. The first-order valence-corrected chi connectivity index (χ1v) is 6.31. The summed E-state index contributed by atoms with van der Waals surface area (Å²) in [6.45, 7) is 1.92. The summed E-state index contributed by atoms with van der Waals surface area (Å²) in [7, 11) is 1.13. The number of ether oxygens (including phenoxy) is 2. The van der Waals surface area contributed by atoms with E-state index >= 15 is 0 Å². The second-order valence-corrected chi connectivity index (χ2v) is 4.04. The van der Waals surface area contributed by atoms with Gasteiger partial charge in [0.15, 0.2) is 0 Å². The minimum absolute atomic E-state index is 0.0509. The molecular formula is C14H16FNO5. The second-order valence-electron chi connectivity index (χ2n) is 4.04. The summed E-state index contributed by atoms with van der Waals surface area (Å²) in [4.78, 5) is 34.1. The van der Waals surface area contributed by atoms with Gasteiger partial charge < -0.3 is 14.8 Å². The average molecular weight is 297 g/mol. The fourth-order valence-corrected chi connectivity index (χ4v) is 1.54. The number of methoxy groups -OCH3 is 1. The molecule has 0 saturated heterocycles. The number of esters is 2. The van der Waals surface area contributed by atoms with E-state index in [9.17, 15) is 18.8 Å². The highest BCUT2D eigenvalue weighted by Crippen LogP contribution is 2.16. The quantitative estimate of drug-likeness (QED) is 0.811. The zero-order chi connectivity index (χ0) is 15.8. The van der Waals surface area contributed by atoms with Crippen LogP contribution in [0.5, 0.6) is 0 Å². The third-order valence-corrected chi connectivity index (χ3v) is 2.52. The van der Waals surface area contributed by atoms with Gasteiger partial charge in [0.1, 0.15) is 5.82 Å². The molecule has 1 N–H and O–H groups in total. The minimum atomic E-state index is -0.838. The molecule has 1 amide bonds. The van der Waals surface area contributed by atoms with Crippen LogP contribution in [0.3, 0.4) is 0 Å². The lowest BCUT2D eigenvalue weighted by atomic mass is 10.2. The topological polar surface area (TPSA) is 81.7 Å². The van der Waals surface area contributed by atoms with Crippen LogP contribution in [0.2, 0.25) is 0 Å². The summed E-state index contributed by atoms with van der Waals surface area (Å²) in [6, 6.07) is 3.53. The smallest absolute Gasteiger partial charge is 0.340 e. The fourth-order valence-electron chi connectivity index (χ4n) is 1.54. The highest BCUT2D eigenvalue weighted by Gasteiger charge is 2.14. The van der Waals surface area contributed by atoms with Crippen LogP contribution in [0.25, 0.3) is 0 Å². The van der Waals surface area contributed by atoms with E-state index in [2.05, 4.69) is 10.1 Å². The Kier molecular flexibility index (Phi) is 6.32. The van der Waals surface area contributed by atoms with Crippen molar-refractivity contribution in [2.75, 3.05) is 19.0 Å². The molecule has 0 aliphatic heterocycles. The summed E-state index contributed by atoms with van der Waals surface area (Å²) in [5.74, 6) is -2.49. The number of amides is 1. The Morgan fingerprint density at radius 2 is 1.95 bits per heavy atom. The van der Waals surface area contributed by atoms with Gasteiger partial charge in [-0.2, -0.15) is 0 Å². The molecule has 21 heavy (non-hydrogen) atoms. The molecule has 0 fully saturated rings. The molecule has 0 aliphatic carbocycles. The van der Waals surface area contributed by atoms with Crippen LogP contribution in [0.1, 0.15) is 30.1 Å². The monoisotopic (exact) mass is 297 g/mol. The van der Waals surface area contributed by atoms with Crippen LogP contribution in [0.15, 0.2) is 18.2 Å². The van der Waals surface area contributed by atoms with Crippen LogP contribution < -0.4 is 5.32 Å². The van der Waals surface area contributed by atoms with E-state index in [0.717, 1.165) is 13.2 Å². The van der Waals surface area contributed by atoms with Crippen molar-refractivity contribution in [3.05, 3.63) is 29.6 Å². The normalized spacial score (nSPS) is 9.86. The van der Waals surface area contributed by atoms with E-state index in [4.69, 9.17) is 4.74 Å². The van der Waals surface area contributed by atoms with Gasteiger partial charge in [0.05, 0.1) is 25.7 Å². The lowest BCUT2D eigenvalue weighted by Crippen LogP contribution is -2.15. The van der Waals surface area contributed by atoms with Gasteiger partial charge in [-0.15, -0.1) is 0 Å². The third-order valence-electron chi connectivity index (χ3n) is 2.52. The van der Waals surface area contributed by atoms with E-state index < -0.39 is 23.7 Å². The molecule has 0 bridgehead atoms. The predicted octanol–water partition coefficient (Wildman–Crippen LogP) is 1.89. The van der Waals surface area contributed by atoms with Crippen molar-refractivity contribution < 1.29 is 28.2 Å². The average Bonchev–Trinajstić information content (AvgIpc) is 2.46. The van der Waals surface area contributed by atoms with Crippen molar-refractivity contribution in [3.63, 3.8) is 0 Å². The maximum Gasteiger partial charge on any atom is 0.340 e. The zero-order valence-electron chi connectivity index (χ0n) is 11.8. The Morgan fingerprint density at radius 1 is 1.24 bits per heavy atom. The Balaban J connectivity index is 2.64. The molecule has 1 aromatic carbocycles. The van der Waals surface area contributed by atoms with Gasteiger partial charge in [0, 0.05) is 12.1 Å². The molecule has 7 heteroatoms. The maximum absolute atomic E-state index is 13.4. The van der Waals surface area contributed by atoms with Crippen molar-refractivity contribution in [3.8, 4) is 0 Å². The number of hydrogen-bond acceptors (Lipinski definition) is 5. The van der Waals surface area contributed by atoms with Crippen LogP contribution in [0, 0.1) is 5.82 Å². The predicted molar refractivity (Wildman–Crippen MR) is 72.2 cm³/mol. The Morgan fingerprint density at radius 3 is 2.57 bits per heavy atom. The van der Waals surface area contributed by atoms with Gasteiger partial charge in [0.25, 0.3) is 0 Å². The van der Waals surface area contributed by atoms with E-state index in [1.54, 1.807) is 6.92 Å². The van der Waals surface area contributed by atoms with Crippen molar-refractivity contribution in [1.29, 1.82) is 0 Å². The molecule has 0 aromatic heterocycles. The van der Waals surface area contributed by atoms with E-state index in [-0.39, 0.29) is 30.7 Å². The van der Waals surface area contributed by atoms with Crippen LogP contribution in [-0.4, -0.2) is 31.6 Å². The van der Waals surface area contributed by atoms with Gasteiger partial charge in [0.2, 0.25) is 5.91 Å². The van der Waals surface area contributed by atoms with E-state index in [0.29, 0.717) is 0 Å². The number of rotatable bonds is 6. The highest BCUT2D eigenvalue weighted by molar-refractivity contribution is 5.95. The van der Waals surface area contributed by atoms with Crippen molar-refractivity contribution in [1.82, 2.24) is 0 Å². The number of halogens is 1. The van der Waals surface area contributed by atoms with Gasteiger partial charge in [-0.1, -0.05) is 0 Å². The molecule has 0 atom stereocenters. The van der Waals surface area contributed by atoms with Gasteiger partial charge in [-0.3, -0.25) is 9.59 Å². The number of carbonyl (C=O) groups is 3. The number of benzene rings is 1. The first kappa shape index (κ1) is 16.6. The standard InChI is InChI=1S/C14H16FNO5/c1-3-21-13(18)7-6-12(17)16-9-4-5-11(15)10(8-9)14(19)20-2/h4-5,8H,3,6-7H2,1-2H3,(H,16,17). The Labute approximate surface area is 121 Å². The first-order chi connectivity index (χ1) is 9.97. The first-order valence-electron chi connectivity index (χ1n) is 6.31. The number of carbonyl (C=O) groups excluding carboxylic acids is 3. The van der Waals surface area contributed by atoms with Crippen molar-refractivity contribution in [2.24, 2.45) is 0 Å². The molecule has 6 nitrogen and oxygen atoms in total.